The lowest BCUT2D eigenvalue weighted by Crippen LogP contribution is -2.14. The second-order valence-electron chi connectivity index (χ2n) is 6.91. The van der Waals surface area contributed by atoms with Crippen molar-refractivity contribution >= 4 is 39.9 Å². The third-order valence-corrected chi connectivity index (χ3v) is 5.96. The lowest BCUT2D eigenvalue weighted by Gasteiger charge is -2.18. The van der Waals surface area contributed by atoms with Crippen LogP contribution in [0.2, 0.25) is 5.02 Å². The van der Waals surface area contributed by atoms with Crippen molar-refractivity contribution < 1.29 is 9.13 Å². The molecule has 0 amide bonds. The summed E-state index contributed by atoms with van der Waals surface area (Å²) in [6, 6.07) is 12.1. The van der Waals surface area contributed by atoms with Gasteiger partial charge in [-0.25, -0.2) is 4.39 Å². The number of anilines is 2. The van der Waals surface area contributed by atoms with Gasteiger partial charge in [-0.1, -0.05) is 35.5 Å². The van der Waals surface area contributed by atoms with E-state index in [1.54, 1.807) is 37.1 Å². The molecule has 0 radical (unpaired) electrons. The Kier molecular flexibility index (Phi) is 7.41. The molecule has 1 aromatic heterocycles. The second kappa shape index (κ2) is 10.0. The van der Waals surface area contributed by atoms with Crippen molar-refractivity contribution in [3.8, 4) is 5.75 Å². The quantitative estimate of drug-likeness (QED) is 0.283. The van der Waals surface area contributed by atoms with Crippen molar-refractivity contribution in [2.45, 2.75) is 25.3 Å². The highest BCUT2D eigenvalue weighted by molar-refractivity contribution is 8.13. The van der Waals surface area contributed by atoms with E-state index in [2.05, 4.69) is 10.3 Å². The standard InChI is InChI=1S/C23H23ClFN3O2S/c1-14-5-7-17(31-15(2)26-3)10-20(14)27-23-11-21(29)22(30-4)13-28(23)12-16-6-8-19(25)18(24)9-16/h5-11,13,27H,12H2,1-4H3. The van der Waals surface area contributed by atoms with Crippen LogP contribution < -0.4 is 15.5 Å². The van der Waals surface area contributed by atoms with Gasteiger partial charge in [-0.05, 0) is 49.2 Å². The summed E-state index contributed by atoms with van der Waals surface area (Å²) in [4.78, 5) is 17.7. The number of ether oxygens (including phenoxy) is 1. The summed E-state index contributed by atoms with van der Waals surface area (Å²) in [7, 11) is 3.21. The van der Waals surface area contributed by atoms with Gasteiger partial charge in [0, 0.05) is 30.2 Å². The van der Waals surface area contributed by atoms with Crippen molar-refractivity contribution in [2.24, 2.45) is 4.99 Å². The fraction of sp³-hybridized carbons (Fsp3) is 0.217. The average Bonchev–Trinajstić information content (AvgIpc) is 2.74. The number of methoxy groups -OCH3 is 1. The van der Waals surface area contributed by atoms with E-state index in [9.17, 15) is 9.18 Å². The molecule has 0 fully saturated rings. The van der Waals surface area contributed by atoms with Crippen LogP contribution in [0.25, 0.3) is 0 Å². The van der Waals surface area contributed by atoms with Crippen LogP contribution in [0, 0.1) is 12.7 Å². The van der Waals surface area contributed by atoms with E-state index >= 15 is 0 Å². The summed E-state index contributed by atoms with van der Waals surface area (Å²) >= 11 is 7.51. The number of benzene rings is 2. The van der Waals surface area contributed by atoms with Crippen LogP contribution in [0.3, 0.4) is 0 Å². The van der Waals surface area contributed by atoms with E-state index in [0.717, 1.165) is 26.8 Å². The predicted molar refractivity (Wildman–Crippen MR) is 127 cm³/mol. The smallest absolute Gasteiger partial charge is 0.225 e. The number of aryl methyl sites for hydroxylation is 1. The van der Waals surface area contributed by atoms with Gasteiger partial charge < -0.3 is 14.6 Å². The number of thioether (sulfide) groups is 1. The Morgan fingerprint density at radius 3 is 2.71 bits per heavy atom. The van der Waals surface area contributed by atoms with Crippen LogP contribution in [0.1, 0.15) is 18.1 Å². The molecule has 1 N–H and O–H groups in total. The van der Waals surface area contributed by atoms with E-state index in [4.69, 9.17) is 16.3 Å². The number of rotatable bonds is 6. The molecule has 3 rings (SSSR count). The predicted octanol–water partition coefficient (Wildman–Crippen LogP) is 5.89. The Hall–Kier alpha value is -2.77. The molecular formula is C23H23ClFN3O2S. The number of halogens is 2. The van der Waals surface area contributed by atoms with E-state index in [-0.39, 0.29) is 16.2 Å². The minimum atomic E-state index is -0.475. The Labute approximate surface area is 189 Å². The summed E-state index contributed by atoms with van der Waals surface area (Å²) in [6.07, 6.45) is 1.63. The number of aromatic nitrogens is 1. The van der Waals surface area contributed by atoms with Gasteiger partial charge in [0.15, 0.2) is 5.75 Å². The van der Waals surface area contributed by atoms with Crippen molar-refractivity contribution in [2.75, 3.05) is 19.5 Å². The zero-order valence-corrected chi connectivity index (χ0v) is 19.3. The highest BCUT2D eigenvalue weighted by Crippen LogP contribution is 2.28. The fourth-order valence-electron chi connectivity index (χ4n) is 2.93. The number of hydrogen-bond donors (Lipinski definition) is 1. The van der Waals surface area contributed by atoms with Crippen molar-refractivity contribution in [1.29, 1.82) is 0 Å². The highest BCUT2D eigenvalue weighted by Gasteiger charge is 2.11. The van der Waals surface area contributed by atoms with Crippen LogP contribution >= 0.6 is 23.4 Å². The molecule has 0 aliphatic heterocycles. The molecule has 31 heavy (non-hydrogen) atoms. The van der Waals surface area contributed by atoms with Crippen LogP contribution in [0.15, 0.2) is 63.3 Å². The first kappa shape index (κ1) is 22.9. The fourth-order valence-corrected chi connectivity index (χ4v) is 3.88. The van der Waals surface area contributed by atoms with Gasteiger partial charge in [0.25, 0.3) is 0 Å². The Morgan fingerprint density at radius 2 is 2.03 bits per heavy atom. The number of aliphatic imine (C=N–C) groups is 1. The topological polar surface area (TPSA) is 55.6 Å². The molecule has 0 atom stereocenters. The van der Waals surface area contributed by atoms with Gasteiger partial charge in [0.1, 0.15) is 11.6 Å². The molecule has 162 valence electrons. The monoisotopic (exact) mass is 459 g/mol. The summed E-state index contributed by atoms with van der Waals surface area (Å²) in [5, 5.41) is 4.36. The summed E-state index contributed by atoms with van der Waals surface area (Å²) in [5.74, 6) is 0.323. The van der Waals surface area contributed by atoms with E-state index in [0.29, 0.717) is 12.4 Å². The molecule has 1 heterocycles. The maximum atomic E-state index is 13.6. The molecule has 2 aromatic carbocycles. The highest BCUT2D eigenvalue weighted by atomic mass is 35.5. The number of hydrogen-bond acceptors (Lipinski definition) is 5. The van der Waals surface area contributed by atoms with Crippen LogP contribution in [0.5, 0.6) is 5.75 Å². The molecule has 0 bridgehead atoms. The third kappa shape index (κ3) is 5.68. The first-order valence-electron chi connectivity index (χ1n) is 9.52. The first-order valence-corrected chi connectivity index (χ1v) is 10.7. The Bertz CT molecular complexity index is 1190. The van der Waals surface area contributed by atoms with Crippen LogP contribution in [-0.2, 0) is 6.54 Å². The molecule has 0 unspecified atom stereocenters. The molecule has 0 aliphatic rings. The van der Waals surface area contributed by atoms with Gasteiger partial charge in [0.2, 0.25) is 5.43 Å². The number of pyridine rings is 1. The molecule has 0 saturated carbocycles. The van der Waals surface area contributed by atoms with Crippen molar-refractivity contribution in [3.63, 3.8) is 0 Å². The molecule has 8 heteroatoms. The lowest BCUT2D eigenvalue weighted by molar-refractivity contribution is 0.406. The summed E-state index contributed by atoms with van der Waals surface area (Å²) in [5.41, 5.74) is 2.44. The SMILES string of the molecule is CN=C(C)Sc1ccc(C)c(Nc2cc(=O)c(OC)cn2Cc2ccc(F)c(Cl)c2)c1. The van der Waals surface area contributed by atoms with Crippen molar-refractivity contribution in [1.82, 2.24) is 4.57 Å². The molecule has 0 spiro atoms. The average molecular weight is 460 g/mol. The molecule has 3 aromatic rings. The van der Waals surface area contributed by atoms with Gasteiger partial charge in [0.05, 0.1) is 23.4 Å². The maximum absolute atomic E-state index is 13.6. The van der Waals surface area contributed by atoms with Crippen LogP contribution in [0.4, 0.5) is 15.9 Å². The van der Waals surface area contributed by atoms with Crippen LogP contribution in [-0.4, -0.2) is 23.8 Å². The van der Waals surface area contributed by atoms with Gasteiger partial charge in [-0.15, -0.1) is 0 Å². The minimum absolute atomic E-state index is 0.0496. The number of nitrogens with one attached hydrogen (secondary N) is 1. The second-order valence-corrected chi connectivity index (χ2v) is 8.59. The minimum Gasteiger partial charge on any atom is -0.491 e. The van der Waals surface area contributed by atoms with Gasteiger partial charge in [-0.3, -0.25) is 9.79 Å². The summed E-state index contributed by atoms with van der Waals surface area (Å²) < 4.78 is 20.6. The third-order valence-electron chi connectivity index (χ3n) is 4.70. The Balaban J connectivity index is 2.00. The van der Waals surface area contributed by atoms with E-state index in [1.807, 2.05) is 36.6 Å². The summed E-state index contributed by atoms with van der Waals surface area (Å²) in [6.45, 7) is 4.31. The van der Waals surface area contributed by atoms with Crippen molar-refractivity contribution in [3.05, 3.63) is 80.9 Å². The van der Waals surface area contributed by atoms with E-state index < -0.39 is 5.82 Å². The zero-order chi connectivity index (χ0) is 22.5. The normalized spacial score (nSPS) is 11.5. The van der Waals surface area contributed by atoms with Gasteiger partial charge in [-0.2, -0.15) is 0 Å². The lowest BCUT2D eigenvalue weighted by atomic mass is 10.2. The molecular weight excluding hydrogens is 437 g/mol. The largest absolute Gasteiger partial charge is 0.491 e. The number of nitrogens with zero attached hydrogens (tertiary/aromatic N) is 2. The first-order chi connectivity index (χ1) is 14.8. The molecule has 0 saturated heterocycles. The van der Waals surface area contributed by atoms with E-state index in [1.165, 1.54) is 19.2 Å². The molecule has 5 nitrogen and oxygen atoms in total. The van der Waals surface area contributed by atoms with Gasteiger partial charge >= 0.3 is 0 Å². The zero-order valence-electron chi connectivity index (χ0n) is 17.7. The maximum Gasteiger partial charge on any atom is 0.225 e. The molecule has 0 aliphatic carbocycles. The Morgan fingerprint density at radius 1 is 1.26 bits per heavy atom.